The van der Waals surface area contributed by atoms with Gasteiger partial charge in [0.25, 0.3) is 5.92 Å². The zero-order valence-electron chi connectivity index (χ0n) is 15.0. The van der Waals surface area contributed by atoms with Gasteiger partial charge in [0.15, 0.2) is 6.19 Å². The van der Waals surface area contributed by atoms with Gasteiger partial charge < -0.3 is 9.47 Å². The molecule has 0 saturated carbocycles. The second-order valence-electron chi connectivity index (χ2n) is 6.29. The summed E-state index contributed by atoms with van der Waals surface area (Å²) in [5, 5.41) is 17.8. The summed E-state index contributed by atoms with van der Waals surface area (Å²) in [5.74, 6) is -0.732. The van der Waals surface area contributed by atoms with Gasteiger partial charge >= 0.3 is 0 Å². The summed E-state index contributed by atoms with van der Waals surface area (Å²) in [5.41, 5.74) is -0.111. The van der Waals surface area contributed by atoms with Crippen molar-refractivity contribution in [1.29, 1.82) is 10.5 Å². The summed E-state index contributed by atoms with van der Waals surface area (Å²) in [7, 11) is -2.34. The number of rotatable bonds is 5. The highest BCUT2D eigenvalue weighted by Gasteiger charge is 2.51. The highest BCUT2D eigenvalue weighted by Crippen LogP contribution is 2.51. The molecule has 2 aromatic carbocycles. The van der Waals surface area contributed by atoms with Gasteiger partial charge in [-0.3, -0.25) is 0 Å². The number of nitrogens with zero attached hydrogens (tertiary/aromatic N) is 2. The van der Waals surface area contributed by atoms with Crippen molar-refractivity contribution in [2.45, 2.75) is 23.3 Å². The van der Waals surface area contributed by atoms with Crippen molar-refractivity contribution in [3.05, 3.63) is 52.8 Å². The van der Waals surface area contributed by atoms with Crippen LogP contribution in [-0.4, -0.2) is 23.1 Å². The number of fused-ring (bicyclic) bond motifs is 1. The lowest BCUT2D eigenvalue weighted by molar-refractivity contribution is -0.114. The molecule has 0 bridgehead atoms. The van der Waals surface area contributed by atoms with Gasteiger partial charge in [-0.25, -0.2) is 22.1 Å². The fourth-order valence-corrected chi connectivity index (χ4v) is 4.38. The van der Waals surface area contributed by atoms with Gasteiger partial charge in [0.2, 0.25) is 0 Å². The quantitative estimate of drug-likeness (QED) is 0.453. The summed E-state index contributed by atoms with van der Waals surface area (Å²) in [6.07, 6.45) is -1.02. The molecule has 0 amide bonds. The molecule has 2 unspecified atom stereocenters. The van der Waals surface area contributed by atoms with Crippen LogP contribution in [0.25, 0.3) is 0 Å². The third-order valence-corrected chi connectivity index (χ3v) is 5.85. The molecule has 0 saturated heterocycles. The van der Waals surface area contributed by atoms with Crippen LogP contribution in [0.15, 0.2) is 35.2 Å². The maximum atomic E-state index is 14.6. The first-order valence-electron chi connectivity index (χ1n) is 8.11. The van der Waals surface area contributed by atoms with Crippen molar-refractivity contribution in [3.8, 4) is 23.8 Å². The number of ether oxygens (including phenoxy) is 2. The number of hydrogen-bond acceptors (Lipinski definition) is 5. The third-order valence-electron chi connectivity index (χ3n) is 4.36. The molecule has 0 heterocycles. The molecule has 1 aliphatic rings. The minimum atomic E-state index is -3.42. The maximum Gasteiger partial charge on any atom is 0.282 e. The number of halogens is 3. The Hall–Kier alpha value is -3.21. The van der Waals surface area contributed by atoms with Crippen molar-refractivity contribution in [1.82, 2.24) is 4.72 Å². The predicted molar refractivity (Wildman–Crippen MR) is 98.3 cm³/mol. The first-order chi connectivity index (χ1) is 13.6. The molecule has 0 fully saturated rings. The van der Waals surface area contributed by atoms with Gasteiger partial charge in [0.1, 0.15) is 23.4 Å². The second kappa shape index (κ2) is 7.32. The van der Waals surface area contributed by atoms with Gasteiger partial charge in [-0.2, -0.15) is 10.5 Å². The average Bonchev–Trinajstić information content (AvgIpc) is 2.91. The molecule has 29 heavy (non-hydrogen) atoms. The van der Waals surface area contributed by atoms with E-state index in [2.05, 4.69) is 5.87 Å². The van der Waals surface area contributed by atoms with Crippen molar-refractivity contribution >= 4 is 15.6 Å². The molecular formula is C19H14F3N3O3S. The lowest BCUT2D eigenvalue weighted by Crippen LogP contribution is -2.25. The van der Waals surface area contributed by atoms with Crippen LogP contribution in [0.4, 0.5) is 13.2 Å². The molecule has 1 aliphatic carbocycles. The van der Waals surface area contributed by atoms with Gasteiger partial charge in [0, 0.05) is 30.7 Å². The van der Waals surface area contributed by atoms with Crippen molar-refractivity contribution in [2.24, 2.45) is 0 Å². The van der Waals surface area contributed by atoms with Gasteiger partial charge in [-0.05, 0) is 30.1 Å². The second-order valence-corrected chi connectivity index (χ2v) is 8.28. The van der Waals surface area contributed by atoms with Crippen LogP contribution >= 0.6 is 0 Å². The molecule has 0 aromatic heterocycles. The number of benzene rings is 2. The first kappa shape index (κ1) is 20.5. The summed E-state index contributed by atoms with van der Waals surface area (Å²) in [6.45, 7) is 0. The molecular weight excluding hydrogens is 407 g/mol. The Balaban J connectivity index is 2.18. The smallest absolute Gasteiger partial charge is 0.282 e. The van der Waals surface area contributed by atoms with E-state index in [1.165, 1.54) is 24.4 Å². The Bertz CT molecular complexity index is 1170. The first-order valence-corrected chi connectivity index (χ1v) is 9.83. The van der Waals surface area contributed by atoms with Crippen LogP contribution in [0.2, 0.25) is 0 Å². The molecule has 6 nitrogen and oxygen atoms in total. The number of alkyl halides is 2. The number of methoxy groups -OCH3 is 1. The van der Waals surface area contributed by atoms with Gasteiger partial charge in [-0.15, -0.1) is 0 Å². The number of nitrogens with one attached hydrogen (secondary N) is 1. The molecule has 1 N–H and O–H groups in total. The molecule has 3 rings (SSSR count). The Morgan fingerprint density at radius 2 is 2.03 bits per heavy atom. The Morgan fingerprint density at radius 3 is 2.66 bits per heavy atom. The van der Waals surface area contributed by atoms with E-state index in [0.29, 0.717) is 0 Å². The highest BCUT2D eigenvalue weighted by atomic mass is 32.2. The van der Waals surface area contributed by atoms with Crippen LogP contribution in [-0.2, 0) is 20.9 Å². The monoisotopic (exact) mass is 421 g/mol. The predicted octanol–water partition coefficient (Wildman–Crippen LogP) is 3.43. The van der Waals surface area contributed by atoms with Gasteiger partial charge in [0.05, 0.1) is 26.2 Å². The zero-order chi connectivity index (χ0) is 21.4. The molecule has 10 heteroatoms. The van der Waals surface area contributed by atoms with E-state index in [0.717, 1.165) is 19.2 Å². The summed E-state index contributed by atoms with van der Waals surface area (Å²) in [4.78, 5) is -0.109. The molecule has 0 radical (unpaired) electrons. The SMILES string of the molecule is C=S(=O)(NC#N)c1ccc(Oc2cc(F)cc(C#N)c2)c2c1C(OC)C(F)(F)C2. The van der Waals surface area contributed by atoms with E-state index in [-0.39, 0.29) is 33.1 Å². The minimum absolute atomic E-state index is 0.00164. The normalized spacial score (nSPS) is 18.8. The van der Waals surface area contributed by atoms with Crippen molar-refractivity contribution in [2.75, 3.05) is 7.11 Å². The van der Waals surface area contributed by atoms with Crippen LogP contribution < -0.4 is 9.46 Å². The average molecular weight is 421 g/mol. The summed E-state index contributed by atoms with van der Waals surface area (Å²) in [6, 6.07) is 7.56. The van der Waals surface area contributed by atoms with Crippen LogP contribution in [0.3, 0.4) is 0 Å². The fourth-order valence-electron chi connectivity index (χ4n) is 3.25. The van der Waals surface area contributed by atoms with Crippen molar-refractivity contribution < 1.29 is 26.9 Å². The number of nitriles is 2. The standard InChI is InChI=1S/C19H14F3N3O3S/c1-27-18-17-14(8-19(18,21)22)15(3-4-16(17)29(2,26)25-10-24)28-13-6-11(9-23)5-12(20)7-13/h3-7,18H,2,8H2,1H3,(H,25,26). The minimum Gasteiger partial charge on any atom is -0.457 e. The topological polar surface area (TPSA) is 95.1 Å². The zero-order valence-corrected chi connectivity index (χ0v) is 15.9. The lowest BCUT2D eigenvalue weighted by Gasteiger charge is -2.21. The summed E-state index contributed by atoms with van der Waals surface area (Å²) >= 11 is 0. The van der Waals surface area contributed by atoms with Crippen LogP contribution in [0.1, 0.15) is 22.8 Å². The molecule has 2 atom stereocenters. The van der Waals surface area contributed by atoms with E-state index < -0.39 is 34.0 Å². The van der Waals surface area contributed by atoms with E-state index in [4.69, 9.17) is 20.0 Å². The van der Waals surface area contributed by atoms with Gasteiger partial charge in [-0.1, -0.05) is 0 Å². The molecule has 0 spiro atoms. The van der Waals surface area contributed by atoms with Crippen LogP contribution in [0, 0.1) is 28.6 Å². The largest absolute Gasteiger partial charge is 0.457 e. The summed E-state index contributed by atoms with van der Waals surface area (Å²) < 4.78 is 68.1. The number of hydrogen-bond donors (Lipinski definition) is 1. The lowest BCUT2D eigenvalue weighted by atomic mass is 10.1. The fraction of sp³-hybridized carbons (Fsp3) is 0.211. The third kappa shape index (κ3) is 3.73. The molecule has 2 aromatic rings. The van der Waals surface area contributed by atoms with E-state index in [1.54, 1.807) is 6.07 Å². The molecule has 0 aliphatic heterocycles. The maximum absolute atomic E-state index is 14.6. The van der Waals surface area contributed by atoms with Crippen LogP contribution in [0.5, 0.6) is 11.5 Å². The Kier molecular flexibility index (Phi) is 5.18. The van der Waals surface area contributed by atoms with Crippen molar-refractivity contribution in [3.63, 3.8) is 0 Å². The Labute approximate surface area is 165 Å². The van der Waals surface area contributed by atoms with E-state index >= 15 is 0 Å². The van der Waals surface area contributed by atoms with E-state index in [9.17, 15) is 17.4 Å². The highest BCUT2D eigenvalue weighted by molar-refractivity contribution is 7.98. The van der Waals surface area contributed by atoms with E-state index in [1.807, 2.05) is 4.72 Å². The molecule has 150 valence electrons. The Morgan fingerprint density at radius 1 is 1.31 bits per heavy atom.